The van der Waals surface area contributed by atoms with Crippen molar-refractivity contribution in [3.8, 4) is 0 Å². The molecule has 1 aromatic rings. The summed E-state index contributed by atoms with van der Waals surface area (Å²) in [7, 11) is 2.08. The summed E-state index contributed by atoms with van der Waals surface area (Å²) in [5, 5.41) is 9.47. The Morgan fingerprint density at radius 2 is 1.95 bits per heavy atom. The summed E-state index contributed by atoms with van der Waals surface area (Å²) in [6.07, 6.45) is 3.65. The zero-order valence-corrected chi connectivity index (χ0v) is 12.1. The molecular formula is C16H25NO2. The number of nitrogens with zero attached hydrogens (tertiary/aromatic N) is 1. The van der Waals surface area contributed by atoms with Crippen molar-refractivity contribution >= 4 is 5.69 Å². The van der Waals surface area contributed by atoms with Gasteiger partial charge in [0.25, 0.3) is 0 Å². The van der Waals surface area contributed by atoms with E-state index in [1.807, 2.05) is 0 Å². The minimum atomic E-state index is -0.0599. The first-order chi connectivity index (χ1) is 9.19. The van der Waals surface area contributed by atoms with E-state index in [-0.39, 0.29) is 12.0 Å². The average molecular weight is 263 g/mol. The second kappa shape index (κ2) is 6.40. The Hall–Kier alpha value is -1.06. The van der Waals surface area contributed by atoms with Crippen LogP contribution in [0.2, 0.25) is 0 Å². The molecule has 0 bridgehead atoms. The maximum Gasteiger partial charge on any atom is 0.0584 e. The van der Waals surface area contributed by atoms with E-state index in [1.165, 1.54) is 24.1 Å². The highest BCUT2D eigenvalue weighted by Gasteiger charge is 2.39. The van der Waals surface area contributed by atoms with Gasteiger partial charge >= 0.3 is 0 Å². The van der Waals surface area contributed by atoms with Gasteiger partial charge in [-0.25, -0.2) is 0 Å². The van der Waals surface area contributed by atoms with Gasteiger partial charge in [0, 0.05) is 19.3 Å². The maximum atomic E-state index is 9.47. The van der Waals surface area contributed by atoms with Gasteiger partial charge in [-0.05, 0) is 30.5 Å². The van der Waals surface area contributed by atoms with E-state index in [2.05, 4.69) is 43.1 Å². The summed E-state index contributed by atoms with van der Waals surface area (Å²) in [4.78, 5) is 2.21. The molecule has 0 aliphatic carbocycles. The van der Waals surface area contributed by atoms with Crippen LogP contribution in [0.5, 0.6) is 0 Å². The highest BCUT2D eigenvalue weighted by Crippen LogP contribution is 2.29. The summed E-state index contributed by atoms with van der Waals surface area (Å²) in [5.41, 5.74) is 2.55. The standard InChI is InChI=1S/C16H25NO2/c1-3-4-5-14-6-8-15(9-7-14)17(2)10-16(11-18)12-19-13-16/h6-9,18H,3-5,10-13H2,1-2H3. The van der Waals surface area contributed by atoms with Crippen LogP contribution in [0.25, 0.3) is 0 Å². The molecule has 0 saturated carbocycles. The molecule has 0 aromatic heterocycles. The summed E-state index contributed by atoms with van der Waals surface area (Å²) in [6, 6.07) is 8.78. The summed E-state index contributed by atoms with van der Waals surface area (Å²) < 4.78 is 5.24. The van der Waals surface area contributed by atoms with Crippen molar-refractivity contribution in [2.75, 3.05) is 38.3 Å². The third-order valence-electron chi connectivity index (χ3n) is 3.92. The molecule has 1 saturated heterocycles. The number of aliphatic hydroxyl groups excluding tert-OH is 1. The van der Waals surface area contributed by atoms with Crippen LogP contribution >= 0.6 is 0 Å². The van der Waals surface area contributed by atoms with Crippen molar-refractivity contribution in [1.29, 1.82) is 0 Å². The molecule has 106 valence electrons. The SMILES string of the molecule is CCCCc1ccc(N(C)CC2(CO)COC2)cc1. The Morgan fingerprint density at radius 3 is 2.42 bits per heavy atom. The number of rotatable bonds is 7. The number of hydrogen-bond acceptors (Lipinski definition) is 3. The molecule has 1 aliphatic heterocycles. The zero-order valence-electron chi connectivity index (χ0n) is 12.1. The second-order valence-electron chi connectivity index (χ2n) is 5.78. The number of aryl methyl sites for hydroxylation is 1. The second-order valence-corrected chi connectivity index (χ2v) is 5.78. The number of benzene rings is 1. The van der Waals surface area contributed by atoms with Crippen molar-refractivity contribution in [3.63, 3.8) is 0 Å². The number of aliphatic hydroxyl groups is 1. The van der Waals surface area contributed by atoms with Crippen LogP contribution < -0.4 is 4.90 Å². The predicted molar refractivity (Wildman–Crippen MR) is 78.7 cm³/mol. The Morgan fingerprint density at radius 1 is 1.26 bits per heavy atom. The summed E-state index contributed by atoms with van der Waals surface area (Å²) in [6.45, 7) is 4.60. The topological polar surface area (TPSA) is 32.7 Å². The van der Waals surface area contributed by atoms with Crippen LogP contribution in [0.1, 0.15) is 25.3 Å². The van der Waals surface area contributed by atoms with Gasteiger partial charge in [-0.3, -0.25) is 0 Å². The molecule has 3 nitrogen and oxygen atoms in total. The van der Waals surface area contributed by atoms with E-state index < -0.39 is 0 Å². The Labute approximate surface area is 116 Å². The van der Waals surface area contributed by atoms with E-state index in [0.29, 0.717) is 13.2 Å². The molecule has 1 fully saturated rings. The number of anilines is 1. The first kappa shape index (κ1) is 14.4. The fourth-order valence-electron chi connectivity index (χ4n) is 2.52. The molecule has 2 rings (SSSR count). The molecule has 0 unspecified atom stereocenters. The van der Waals surface area contributed by atoms with Gasteiger partial charge in [0.2, 0.25) is 0 Å². The summed E-state index contributed by atoms with van der Waals surface area (Å²) >= 11 is 0. The van der Waals surface area contributed by atoms with Crippen LogP contribution in [-0.4, -0.2) is 38.5 Å². The van der Waals surface area contributed by atoms with E-state index in [9.17, 15) is 5.11 Å². The molecular weight excluding hydrogens is 238 g/mol. The third-order valence-corrected chi connectivity index (χ3v) is 3.92. The van der Waals surface area contributed by atoms with Gasteiger partial charge in [0.15, 0.2) is 0 Å². The van der Waals surface area contributed by atoms with Crippen LogP contribution in [0, 0.1) is 5.41 Å². The van der Waals surface area contributed by atoms with E-state index in [1.54, 1.807) is 0 Å². The lowest BCUT2D eigenvalue weighted by molar-refractivity contribution is -0.130. The molecule has 0 amide bonds. The predicted octanol–water partition coefficient (Wildman–Crippen LogP) is 2.47. The van der Waals surface area contributed by atoms with Gasteiger partial charge in [-0.15, -0.1) is 0 Å². The van der Waals surface area contributed by atoms with E-state index in [0.717, 1.165) is 13.0 Å². The van der Waals surface area contributed by atoms with Gasteiger partial charge in [-0.1, -0.05) is 25.5 Å². The minimum absolute atomic E-state index is 0.0599. The number of hydrogen-bond donors (Lipinski definition) is 1. The lowest BCUT2D eigenvalue weighted by Crippen LogP contribution is -2.52. The first-order valence-corrected chi connectivity index (χ1v) is 7.18. The number of ether oxygens (including phenoxy) is 1. The molecule has 1 aromatic carbocycles. The fraction of sp³-hybridized carbons (Fsp3) is 0.625. The molecule has 0 spiro atoms. The molecule has 0 atom stereocenters. The fourth-order valence-corrected chi connectivity index (χ4v) is 2.52. The van der Waals surface area contributed by atoms with Crippen LogP contribution in [-0.2, 0) is 11.2 Å². The Bertz CT molecular complexity index is 379. The maximum absolute atomic E-state index is 9.47. The van der Waals surface area contributed by atoms with E-state index in [4.69, 9.17) is 4.74 Å². The Kier molecular flexibility index (Phi) is 4.83. The average Bonchev–Trinajstić information content (AvgIpc) is 2.41. The molecule has 0 radical (unpaired) electrons. The van der Waals surface area contributed by atoms with Crippen LogP contribution in [0.15, 0.2) is 24.3 Å². The lowest BCUT2D eigenvalue weighted by atomic mass is 9.86. The van der Waals surface area contributed by atoms with Gasteiger partial charge in [-0.2, -0.15) is 0 Å². The van der Waals surface area contributed by atoms with Crippen molar-refractivity contribution in [2.45, 2.75) is 26.2 Å². The highest BCUT2D eigenvalue weighted by molar-refractivity contribution is 5.47. The molecule has 1 aliphatic rings. The van der Waals surface area contributed by atoms with Crippen molar-refractivity contribution in [1.82, 2.24) is 0 Å². The normalized spacial score (nSPS) is 17.0. The van der Waals surface area contributed by atoms with E-state index >= 15 is 0 Å². The first-order valence-electron chi connectivity index (χ1n) is 7.18. The third kappa shape index (κ3) is 3.48. The quantitative estimate of drug-likeness (QED) is 0.820. The monoisotopic (exact) mass is 263 g/mol. The molecule has 19 heavy (non-hydrogen) atoms. The van der Waals surface area contributed by atoms with Gasteiger partial charge in [0.1, 0.15) is 0 Å². The zero-order chi connectivity index (χ0) is 13.7. The van der Waals surface area contributed by atoms with Crippen LogP contribution in [0.3, 0.4) is 0 Å². The summed E-state index contributed by atoms with van der Waals surface area (Å²) in [5.74, 6) is 0. The lowest BCUT2D eigenvalue weighted by Gasteiger charge is -2.42. The molecule has 3 heteroatoms. The Balaban J connectivity index is 1.93. The largest absolute Gasteiger partial charge is 0.396 e. The number of unbranched alkanes of at least 4 members (excludes halogenated alkanes) is 1. The van der Waals surface area contributed by atoms with Crippen molar-refractivity contribution < 1.29 is 9.84 Å². The molecule has 1 heterocycles. The highest BCUT2D eigenvalue weighted by atomic mass is 16.5. The minimum Gasteiger partial charge on any atom is -0.396 e. The molecule has 1 N–H and O–H groups in total. The smallest absolute Gasteiger partial charge is 0.0584 e. The van der Waals surface area contributed by atoms with Crippen molar-refractivity contribution in [3.05, 3.63) is 29.8 Å². The van der Waals surface area contributed by atoms with Gasteiger partial charge < -0.3 is 14.7 Å². The van der Waals surface area contributed by atoms with Gasteiger partial charge in [0.05, 0.1) is 25.2 Å². The van der Waals surface area contributed by atoms with Crippen LogP contribution in [0.4, 0.5) is 5.69 Å². The van der Waals surface area contributed by atoms with Crippen molar-refractivity contribution in [2.24, 2.45) is 5.41 Å².